The molecule has 1 heterocycles. The Kier molecular flexibility index (Phi) is 3.69. The van der Waals surface area contributed by atoms with E-state index in [9.17, 15) is 4.79 Å². The predicted molar refractivity (Wildman–Crippen MR) is 73.4 cm³/mol. The van der Waals surface area contributed by atoms with Crippen LogP contribution < -0.4 is 4.74 Å². The second-order valence-corrected chi connectivity index (χ2v) is 4.88. The van der Waals surface area contributed by atoms with Crippen molar-refractivity contribution in [1.82, 2.24) is 9.55 Å². The van der Waals surface area contributed by atoms with E-state index in [2.05, 4.69) is 11.9 Å². The van der Waals surface area contributed by atoms with Crippen molar-refractivity contribution in [3.63, 3.8) is 0 Å². The van der Waals surface area contributed by atoms with Gasteiger partial charge in [-0.2, -0.15) is 0 Å². The number of imidazole rings is 1. The molecule has 0 aliphatic heterocycles. The molecule has 2 aromatic rings. The zero-order valence-corrected chi connectivity index (χ0v) is 11.5. The van der Waals surface area contributed by atoms with Crippen molar-refractivity contribution in [2.45, 2.75) is 32.8 Å². The van der Waals surface area contributed by atoms with Gasteiger partial charge in [0.2, 0.25) is 0 Å². The smallest absolute Gasteiger partial charge is 0.275 e. The molecule has 0 atom stereocenters. The number of hydrogen-bond donors (Lipinski definition) is 0. The topological polar surface area (TPSA) is 44.1 Å². The third kappa shape index (κ3) is 3.02. The molecule has 0 saturated heterocycles. The van der Waals surface area contributed by atoms with Gasteiger partial charge >= 0.3 is 0 Å². The van der Waals surface area contributed by atoms with E-state index in [1.807, 2.05) is 24.3 Å². The Labute approximate surface area is 113 Å². The van der Waals surface area contributed by atoms with Gasteiger partial charge in [0, 0.05) is 12.4 Å². The average molecular weight is 258 g/mol. The molecular weight excluding hydrogens is 240 g/mol. The highest BCUT2D eigenvalue weighted by Gasteiger charge is 2.31. The molecule has 0 aliphatic carbocycles. The maximum Gasteiger partial charge on any atom is 0.275 e. The van der Waals surface area contributed by atoms with Crippen LogP contribution in [0.2, 0.25) is 0 Å². The van der Waals surface area contributed by atoms with E-state index < -0.39 is 5.60 Å². The number of carbonyl (C=O) groups is 1. The molecule has 0 unspecified atom stereocenters. The fourth-order valence-corrected chi connectivity index (χ4v) is 1.82. The molecule has 0 saturated carbocycles. The fraction of sp³-hybridized carbons (Fsp3) is 0.333. The molecule has 0 aliphatic rings. The lowest BCUT2D eigenvalue weighted by Gasteiger charge is -2.25. The van der Waals surface area contributed by atoms with Crippen molar-refractivity contribution in [1.29, 1.82) is 0 Å². The van der Waals surface area contributed by atoms with Crippen LogP contribution in [0.15, 0.2) is 43.0 Å². The van der Waals surface area contributed by atoms with Gasteiger partial charge in [-0.25, -0.2) is 4.98 Å². The normalized spacial score (nSPS) is 11.3. The summed E-state index contributed by atoms with van der Waals surface area (Å²) < 4.78 is 7.22. The molecule has 0 N–H and O–H groups in total. The maximum absolute atomic E-state index is 12.3. The Hall–Kier alpha value is -2.10. The highest BCUT2D eigenvalue weighted by molar-refractivity contribution is 5.86. The van der Waals surface area contributed by atoms with Gasteiger partial charge in [0.05, 0.1) is 0 Å². The molecule has 1 aromatic carbocycles. The lowest BCUT2D eigenvalue weighted by atomic mass is 10.1. The molecule has 1 aromatic heterocycles. The molecule has 0 radical (unpaired) electrons. The molecule has 2 rings (SSSR count). The monoisotopic (exact) mass is 258 g/mol. The van der Waals surface area contributed by atoms with E-state index in [1.54, 1.807) is 26.2 Å². The molecule has 0 fully saturated rings. The van der Waals surface area contributed by atoms with Gasteiger partial charge in [-0.15, -0.1) is 0 Å². The molecule has 4 nitrogen and oxygen atoms in total. The third-order valence-corrected chi connectivity index (χ3v) is 2.96. The van der Waals surface area contributed by atoms with Gasteiger partial charge in [-0.05, 0) is 38.0 Å². The lowest BCUT2D eigenvalue weighted by molar-refractivity contribution is 0.0487. The second-order valence-electron chi connectivity index (χ2n) is 4.88. The van der Waals surface area contributed by atoms with Crippen LogP contribution in [-0.2, 0) is 6.42 Å². The summed E-state index contributed by atoms with van der Waals surface area (Å²) >= 11 is 0. The van der Waals surface area contributed by atoms with Crippen LogP contribution in [0.25, 0.3) is 0 Å². The van der Waals surface area contributed by atoms with Crippen LogP contribution in [0.4, 0.5) is 0 Å². The lowest BCUT2D eigenvalue weighted by Crippen LogP contribution is -2.41. The first-order chi connectivity index (χ1) is 9.03. The number of aryl methyl sites for hydroxylation is 1. The SMILES string of the molecule is CCc1ccc(OC(C)(C)C(=O)n2ccnc2)cc1. The number of ether oxygens (including phenoxy) is 1. The summed E-state index contributed by atoms with van der Waals surface area (Å²) in [5, 5.41) is 0. The number of aromatic nitrogens is 2. The van der Waals surface area contributed by atoms with Crippen molar-refractivity contribution < 1.29 is 9.53 Å². The Morgan fingerprint density at radius 3 is 2.53 bits per heavy atom. The highest BCUT2D eigenvalue weighted by Crippen LogP contribution is 2.20. The van der Waals surface area contributed by atoms with E-state index in [0.717, 1.165) is 6.42 Å². The Morgan fingerprint density at radius 1 is 1.32 bits per heavy atom. The first-order valence-corrected chi connectivity index (χ1v) is 6.33. The van der Waals surface area contributed by atoms with Crippen LogP contribution >= 0.6 is 0 Å². The van der Waals surface area contributed by atoms with Crippen LogP contribution in [0, 0.1) is 0 Å². The molecule has 4 heteroatoms. The number of benzene rings is 1. The van der Waals surface area contributed by atoms with E-state index >= 15 is 0 Å². The summed E-state index contributed by atoms with van der Waals surface area (Å²) in [6.45, 7) is 5.61. The number of nitrogens with zero attached hydrogens (tertiary/aromatic N) is 2. The van der Waals surface area contributed by atoms with Crippen LogP contribution in [0.5, 0.6) is 5.75 Å². The predicted octanol–water partition coefficient (Wildman–Crippen LogP) is 2.94. The molecule has 100 valence electrons. The molecule has 0 bridgehead atoms. The number of carbonyl (C=O) groups excluding carboxylic acids is 1. The van der Waals surface area contributed by atoms with Crippen LogP contribution in [0.1, 0.15) is 31.1 Å². The van der Waals surface area contributed by atoms with Gasteiger partial charge in [-0.1, -0.05) is 19.1 Å². The summed E-state index contributed by atoms with van der Waals surface area (Å²) in [5.74, 6) is 0.542. The van der Waals surface area contributed by atoms with E-state index in [0.29, 0.717) is 5.75 Å². The largest absolute Gasteiger partial charge is 0.478 e. The summed E-state index contributed by atoms with van der Waals surface area (Å²) in [4.78, 5) is 16.1. The molecule has 19 heavy (non-hydrogen) atoms. The second kappa shape index (κ2) is 5.26. The first-order valence-electron chi connectivity index (χ1n) is 6.33. The summed E-state index contributed by atoms with van der Waals surface area (Å²) in [7, 11) is 0. The maximum atomic E-state index is 12.3. The van der Waals surface area contributed by atoms with E-state index in [-0.39, 0.29) is 5.91 Å². The summed E-state index contributed by atoms with van der Waals surface area (Å²) in [6, 6.07) is 7.80. The van der Waals surface area contributed by atoms with Gasteiger partial charge in [0.25, 0.3) is 5.91 Å². The third-order valence-electron chi connectivity index (χ3n) is 2.96. The minimum Gasteiger partial charge on any atom is -0.478 e. The van der Waals surface area contributed by atoms with E-state index in [1.165, 1.54) is 16.5 Å². The average Bonchev–Trinajstić information content (AvgIpc) is 2.92. The Balaban J connectivity index is 2.13. The standard InChI is InChI=1S/C15H18N2O2/c1-4-12-5-7-13(8-6-12)19-15(2,3)14(18)17-10-9-16-11-17/h5-11H,4H2,1-3H3. The van der Waals surface area contributed by atoms with Gasteiger partial charge in [0.1, 0.15) is 12.1 Å². The number of rotatable bonds is 4. The van der Waals surface area contributed by atoms with Gasteiger partial charge in [0.15, 0.2) is 5.60 Å². The molecular formula is C15H18N2O2. The first kappa shape index (κ1) is 13.3. The van der Waals surface area contributed by atoms with Crippen molar-refractivity contribution >= 4 is 5.91 Å². The zero-order chi connectivity index (χ0) is 13.9. The quantitative estimate of drug-likeness (QED) is 0.847. The highest BCUT2D eigenvalue weighted by atomic mass is 16.5. The molecule has 0 spiro atoms. The van der Waals surface area contributed by atoms with Crippen LogP contribution in [0.3, 0.4) is 0 Å². The van der Waals surface area contributed by atoms with Crippen molar-refractivity contribution in [3.05, 3.63) is 48.5 Å². The minimum absolute atomic E-state index is 0.149. The molecule has 0 amide bonds. The van der Waals surface area contributed by atoms with Gasteiger partial charge in [-0.3, -0.25) is 9.36 Å². The Bertz CT molecular complexity index is 542. The zero-order valence-electron chi connectivity index (χ0n) is 11.5. The van der Waals surface area contributed by atoms with Crippen molar-refractivity contribution in [2.24, 2.45) is 0 Å². The Morgan fingerprint density at radius 2 is 2.00 bits per heavy atom. The summed E-state index contributed by atoms with van der Waals surface area (Å²) in [6.07, 6.45) is 5.66. The van der Waals surface area contributed by atoms with Crippen molar-refractivity contribution in [3.8, 4) is 5.75 Å². The van der Waals surface area contributed by atoms with Crippen molar-refractivity contribution in [2.75, 3.05) is 0 Å². The van der Waals surface area contributed by atoms with Gasteiger partial charge < -0.3 is 4.74 Å². The van der Waals surface area contributed by atoms with Crippen LogP contribution in [-0.4, -0.2) is 21.1 Å². The fourth-order valence-electron chi connectivity index (χ4n) is 1.82. The minimum atomic E-state index is -0.936. The number of hydrogen-bond acceptors (Lipinski definition) is 3. The summed E-state index contributed by atoms with van der Waals surface area (Å²) in [5.41, 5.74) is 0.306. The van der Waals surface area contributed by atoms with E-state index in [4.69, 9.17) is 4.74 Å².